The Morgan fingerprint density at radius 1 is 1.15 bits per heavy atom. The summed E-state index contributed by atoms with van der Waals surface area (Å²) in [5, 5.41) is 10.9. The predicted octanol–water partition coefficient (Wildman–Crippen LogP) is 4.33. The number of hydrogen-bond acceptors (Lipinski definition) is 4. The van der Waals surface area contributed by atoms with Gasteiger partial charge < -0.3 is 14.7 Å². The van der Waals surface area contributed by atoms with E-state index in [1.54, 1.807) is 0 Å². The van der Waals surface area contributed by atoms with Gasteiger partial charge in [-0.2, -0.15) is 0 Å². The van der Waals surface area contributed by atoms with Crippen LogP contribution in [0.25, 0.3) is 10.9 Å². The second-order valence-electron chi connectivity index (χ2n) is 7.35. The summed E-state index contributed by atoms with van der Waals surface area (Å²) in [7, 11) is 0. The zero-order valence-electron chi connectivity index (χ0n) is 15.8. The third kappa shape index (κ3) is 3.91. The molecule has 0 aliphatic carbocycles. The van der Waals surface area contributed by atoms with Crippen LogP contribution in [0.5, 0.6) is 5.75 Å². The van der Waals surface area contributed by atoms with Crippen LogP contribution in [0.4, 0.5) is 5.82 Å². The average molecular weight is 362 g/mol. The van der Waals surface area contributed by atoms with Crippen LogP contribution < -0.4 is 9.64 Å². The molecule has 0 bridgehead atoms. The number of benzene rings is 2. The van der Waals surface area contributed by atoms with E-state index in [9.17, 15) is 5.11 Å². The number of aromatic nitrogens is 1. The lowest BCUT2D eigenvalue weighted by Crippen LogP contribution is -2.38. The molecule has 1 fully saturated rings. The molecule has 27 heavy (non-hydrogen) atoms. The van der Waals surface area contributed by atoms with E-state index in [4.69, 9.17) is 9.72 Å². The monoisotopic (exact) mass is 362 g/mol. The fraction of sp³-hybridized carbons (Fsp3) is 0.348. The highest BCUT2D eigenvalue weighted by atomic mass is 16.5. The molecule has 1 aliphatic heterocycles. The van der Waals surface area contributed by atoms with Gasteiger partial charge in [-0.05, 0) is 43.5 Å². The number of hydrogen-bond donors (Lipinski definition) is 1. The minimum absolute atomic E-state index is 0.00798. The van der Waals surface area contributed by atoms with Crippen LogP contribution in [-0.4, -0.2) is 29.8 Å². The number of rotatable bonds is 5. The maximum atomic E-state index is 9.87. The van der Waals surface area contributed by atoms with Gasteiger partial charge >= 0.3 is 0 Å². The maximum Gasteiger partial charge on any atom is 0.134 e. The second-order valence-corrected chi connectivity index (χ2v) is 7.35. The van der Waals surface area contributed by atoms with Crippen molar-refractivity contribution in [3.8, 4) is 5.75 Å². The van der Waals surface area contributed by atoms with E-state index in [0.29, 0.717) is 12.5 Å². The van der Waals surface area contributed by atoms with Gasteiger partial charge in [-0.3, -0.25) is 0 Å². The molecule has 1 aliphatic rings. The predicted molar refractivity (Wildman–Crippen MR) is 109 cm³/mol. The van der Waals surface area contributed by atoms with Crippen LogP contribution in [0.3, 0.4) is 0 Å². The van der Waals surface area contributed by atoms with Gasteiger partial charge in [0.05, 0.1) is 18.7 Å². The highest BCUT2D eigenvalue weighted by Crippen LogP contribution is 2.28. The Labute approximate surface area is 160 Å². The molecular formula is C23H26N2O2. The summed E-state index contributed by atoms with van der Waals surface area (Å²) >= 11 is 0. The van der Waals surface area contributed by atoms with Crippen LogP contribution in [0.15, 0.2) is 54.6 Å². The topological polar surface area (TPSA) is 45.6 Å². The molecule has 140 valence electrons. The third-order valence-corrected chi connectivity index (χ3v) is 5.34. The van der Waals surface area contributed by atoms with Gasteiger partial charge in [-0.25, -0.2) is 4.98 Å². The van der Waals surface area contributed by atoms with Crippen LogP contribution in [0.2, 0.25) is 0 Å². The maximum absolute atomic E-state index is 9.87. The SMILES string of the molecule is Cc1ccccc1OCC1CCCN(c2nc3ccccc3cc2CO)C1. The van der Waals surface area contributed by atoms with E-state index < -0.39 is 0 Å². The Morgan fingerprint density at radius 3 is 2.81 bits per heavy atom. The van der Waals surface area contributed by atoms with Crippen molar-refractivity contribution in [3.63, 3.8) is 0 Å². The smallest absolute Gasteiger partial charge is 0.134 e. The van der Waals surface area contributed by atoms with E-state index in [2.05, 4.69) is 24.0 Å². The van der Waals surface area contributed by atoms with E-state index in [1.807, 2.05) is 42.5 Å². The summed E-state index contributed by atoms with van der Waals surface area (Å²) in [6.45, 7) is 4.68. The number of aliphatic hydroxyl groups excluding tert-OH is 1. The fourth-order valence-electron chi connectivity index (χ4n) is 3.86. The van der Waals surface area contributed by atoms with Crippen molar-refractivity contribution in [3.05, 3.63) is 65.7 Å². The Bertz CT molecular complexity index is 925. The first-order chi connectivity index (χ1) is 13.2. The number of nitrogens with zero attached hydrogens (tertiary/aromatic N) is 2. The van der Waals surface area contributed by atoms with E-state index >= 15 is 0 Å². The van der Waals surface area contributed by atoms with Crippen molar-refractivity contribution in [1.82, 2.24) is 4.98 Å². The number of aliphatic hydroxyl groups is 1. The Balaban J connectivity index is 1.51. The molecule has 1 aromatic heterocycles. The van der Waals surface area contributed by atoms with E-state index in [0.717, 1.165) is 54.0 Å². The standard InChI is InChI=1S/C23H26N2O2/c1-17-7-2-5-11-22(17)27-16-18-8-6-12-25(14-18)23-20(15-26)13-19-9-3-4-10-21(19)24-23/h2-5,7,9-11,13,18,26H,6,8,12,14-16H2,1H3. The third-order valence-electron chi connectivity index (χ3n) is 5.34. The number of anilines is 1. The van der Waals surface area contributed by atoms with Crippen LogP contribution in [0.1, 0.15) is 24.0 Å². The molecule has 1 unspecified atom stereocenters. The Hall–Kier alpha value is -2.59. The van der Waals surface area contributed by atoms with E-state index in [1.165, 1.54) is 5.56 Å². The lowest BCUT2D eigenvalue weighted by molar-refractivity contribution is 0.227. The number of para-hydroxylation sites is 2. The molecule has 4 nitrogen and oxygen atoms in total. The van der Waals surface area contributed by atoms with Crippen LogP contribution in [-0.2, 0) is 6.61 Å². The number of piperidine rings is 1. The normalized spacial score (nSPS) is 17.3. The lowest BCUT2D eigenvalue weighted by Gasteiger charge is -2.34. The molecule has 1 saturated heterocycles. The minimum atomic E-state index is 0.00798. The molecule has 0 saturated carbocycles. The highest BCUT2D eigenvalue weighted by molar-refractivity contribution is 5.81. The van der Waals surface area contributed by atoms with Gasteiger partial charge in [0.2, 0.25) is 0 Å². The summed E-state index contributed by atoms with van der Waals surface area (Å²) in [4.78, 5) is 7.17. The zero-order chi connectivity index (χ0) is 18.6. The van der Waals surface area contributed by atoms with Crippen molar-refractivity contribution in [2.45, 2.75) is 26.4 Å². The largest absolute Gasteiger partial charge is 0.493 e. The van der Waals surface area contributed by atoms with Gasteiger partial charge in [-0.1, -0.05) is 36.4 Å². The number of ether oxygens (including phenoxy) is 1. The van der Waals surface area contributed by atoms with Gasteiger partial charge in [0.1, 0.15) is 11.6 Å². The number of fused-ring (bicyclic) bond motifs is 1. The molecule has 4 rings (SSSR count). The quantitative estimate of drug-likeness (QED) is 0.734. The van der Waals surface area contributed by atoms with Crippen LogP contribution >= 0.6 is 0 Å². The van der Waals surface area contributed by atoms with Crippen molar-refractivity contribution in [2.24, 2.45) is 5.92 Å². The number of pyridine rings is 1. The molecule has 1 N–H and O–H groups in total. The zero-order valence-corrected chi connectivity index (χ0v) is 15.8. The lowest BCUT2D eigenvalue weighted by atomic mass is 9.98. The van der Waals surface area contributed by atoms with Crippen molar-refractivity contribution < 1.29 is 9.84 Å². The molecule has 0 radical (unpaired) electrons. The summed E-state index contributed by atoms with van der Waals surface area (Å²) < 4.78 is 6.09. The van der Waals surface area contributed by atoms with Gasteiger partial charge in [0.25, 0.3) is 0 Å². The van der Waals surface area contributed by atoms with Crippen molar-refractivity contribution in [1.29, 1.82) is 0 Å². The van der Waals surface area contributed by atoms with Crippen molar-refractivity contribution >= 4 is 16.7 Å². The van der Waals surface area contributed by atoms with Gasteiger partial charge in [0, 0.05) is 30.0 Å². The average Bonchev–Trinajstić information content (AvgIpc) is 2.72. The molecular weight excluding hydrogens is 336 g/mol. The molecule has 2 heterocycles. The van der Waals surface area contributed by atoms with Crippen LogP contribution in [0, 0.1) is 12.8 Å². The van der Waals surface area contributed by atoms with Gasteiger partial charge in [-0.15, -0.1) is 0 Å². The molecule has 0 spiro atoms. The fourth-order valence-corrected chi connectivity index (χ4v) is 3.86. The molecule has 0 amide bonds. The summed E-state index contributed by atoms with van der Waals surface area (Å²) in [6.07, 6.45) is 2.27. The summed E-state index contributed by atoms with van der Waals surface area (Å²) in [5.41, 5.74) is 3.04. The second kappa shape index (κ2) is 7.97. The van der Waals surface area contributed by atoms with Crippen molar-refractivity contribution in [2.75, 3.05) is 24.6 Å². The minimum Gasteiger partial charge on any atom is -0.493 e. The summed E-state index contributed by atoms with van der Waals surface area (Å²) in [5.74, 6) is 2.34. The Morgan fingerprint density at radius 2 is 1.96 bits per heavy atom. The first-order valence-corrected chi connectivity index (χ1v) is 9.67. The number of aryl methyl sites for hydroxylation is 1. The first kappa shape index (κ1) is 17.8. The highest BCUT2D eigenvalue weighted by Gasteiger charge is 2.23. The molecule has 3 aromatic rings. The Kier molecular flexibility index (Phi) is 5.26. The molecule has 4 heteroatoms. The molecule has 2 aromatic carbocycles. The molecule has 1 atom stereocenters. The van der Waals surface area contributed by atoms with Gasteiger partial charge in [0.15, 0.2) is 0 Å². The summed E-state index contributed by atoms with van der Waals surface area (Å²) in [6, 6.07) is 18.3. The first-order valence-electron chi connectivity index (χ1n) is 9.67. The van der Waals surface area contributed by atoms with E-state index in [-0.39, 0.29) is 6.61 Å².